The molecule has 0 amide bonds. The van der Waals surface area contributed by atoms with Crippen LogP contribution >= 0.6 is 0 Å². The lowest BCUT2D eigenvalue weighted by Crippen LogP contribution is -2.45. The fourth-order valence-corrected chi connectivity index (χ4v) is 3.19. The fourth-order valence-electron chi connectivity index (χ4n) is 3.19. The highest BCUT2D eigenvalue weighted by Crippen LogP contribution is 2.21. The van der Waals surface area contributed by atoms with E-state index in [-0.39, 0.29) is 12.1 Å². The van der Waals surface area contributed by atoms with Gasteiger partial charge in [-0.05, 0) is 24.0 Å². The summed E-state index contributed by atoms with van der Waals surface area (Å²) < 4.78 is 0. The van der Waals surface area contributed by atoms with E-state index in [0.29, 0.717) is 5.92 Å². The van der Waals surface area contributed by atoms with Crippen LogP contribution in [-0.2, 0) is 13.1 Å². The van der Waals surface area contributed by atoms with Gasteiger partial charge < -0.3 is 5.11 Å². The first-order valence-electron chi connectivity index (χ1n) is 8.08. The summed E-state index contributed by atoms with van der Waals surface area (Å²) in [6.07, 6.45) is -0.354. The molecular weight excluding hydrogens is 270 g/mol. The van der Waals surface area contributed by atoms with Gasteiger partial charge in [-0.1, -0.05) is 74.5 Å². The normalized spacial score (nSPS) is 14.3. The summed E-state index contributed by atoms with van der Waals surface area (Å²) in [6, 6.07) is 21.1. The SMILES string of the molecule is CC(C)[C@@H]([C@@H](C)O)N(Cc1ccccc1)Cc1ccccc1. The number of benzene rings is 2. The Morgan fingerprint density at radius 2 is 1.18 bits per heavy atom. The van der Waals surface area contributed by atoms with Crippen molar-refractivity contribution in [2.45, 2.75) is 46.0 Å². The van der Waals surface area contributed by atoms with E-state index in [4.69, 9.17) is 0 Å². The molecular formula is C20H27NO. The largest absolute Gasteiger partial charge is 0.392 e. The van der Waals surface area contributed by atoms with Crippen LogP contribution in [0.5, 0.6) is 0 Å². The Morgan fingerprint density at radius 3 is 1.50 bits per heavy atom. The van der Waals surface area contributed by atoms with Gasteiger partial charge in [0, 0.05) is 19.1 Å². The van der Waals surface area contributed by atoms with E-state index in [1.807, 2.05) is 19.1 Å². The standard InChI is InChI=1S/C20H27NO/c1-16(2)20(17(3)22)21(14-18-10-6-4-7-11-18)15-19-12-8-5-9-13-19/h4-13,16-17,20,22H,14-15H2,1-3H3/t17-,20+/m1/s1. The minimum Gasteiger partial charge on any atom is -0.392 e. The van der Waals surface area contributed by atoms with E-state index in [0.717, 1.165) is 13.1 Å². The highest BCUT2D eigenvalue weighted by molar-refractivity contribution is 5.17. The van der Waals surface area contributed by atoms with Crippen LogP contribution < -0.4 is 0 Å². The predicted molar refractivity (Wildman–Crippen MR) is 92.4 cm³/mol. The van der Waals surface area contributed by atoms with Crippen LogP contribution in [0.3, 0.4) is 0 Å². The highest BCUT2D eigenvalue weighted by atomic mass is 16.3. The van der Waals surface area contributed by atoms with E-state index in [9.17, 15) is 5.11 Å². The van der Waals surface area contributed by atoms with Crippen molar-refractivity contribution in [3.8, 4) is 0 Å². The minimum absolute atomic E-state index is 0.139. The molecule has 0 radical (unpaired) electrons. The molecule has 2 heteroatoms. The smallest absolute Gasteiger partial charge is 0.0670 e. The summed E-state index contributed by atoms with van der Waals surface area (Å²) in [6.45, 7) is 7.96. The monoisotopic (exact) mass is 297 g/mol. The number of hydrogen-bond acceptors (Lipinski definition) is 2. The molecule has 0 aliphatic carbocycles. The van der Waals surface area contributed by atoms with Crippen molar-refractivity contribution < 1.29 is 5.11 Å². The molecule has 2 rings (SSSR count). The number of nitrogens with zero attached hydrogens (tertiary/aromatic N) is 1. The number of hydrogen-bond donors (Lipinski definition) is 1. The molecule has 118 valence electrons. The minimum atomic E-state index is -0.354. The molecule has 0 aliphatic heterocycles. The van der Waals surface area contributed by atoms with E-state index < -0.39 is 0 Å². The Hall–Kier alpha value is -1.64. The van der Waals surface area contributed by atoms with Crippen LogP contribution in [-0.4, -0.2) is 22.2 Å². The molecule has 0 heterocycles. The van der Waals surface area contributed by atoms with Crippen molar-refractivity contribution in [1.29, 1.82) is 0 Å². The lowest BCUT2D eigenvalue weighted by atomic mass is 9.96. The van der Waals surface area contributed by atoms with Crippen molar-refractivity contribution in [2.24, 2.45) is 5.92 Å². The van der Waals surface area contributed by atoms with Crippen LogP contribution in [0.1, 0.15) is 31.9 Å². The quantitative estimate of drug-likeness (QED) is 0.832. The van der Waals surface area contributed by atoms with Gasteiger partial charge in [-0.2, -0.15) is 0 Å². The van der Waals surface area contributed by atoms with Crippen LogP contribution in [0, 0.1) is 5.92 Å². The molecule has 0 unspecified atom stereocenters. The first kappa shape index (κ1) is 16.7. The molecule has 0 bridgehead atoms. The average molecular weight is 297 g/mol. The van der Waals surface area contributed by atoms with Crippen LogP contribution in [0.25, 0.3) is 0 Å². The Morgan fingerprint density at radius 1 is 0.773 bits per heavy atom. The molecule has 0 spiro atoms. The van der Waals surface area contributed by atoms with Crippen LogP contribution in [0.15, 0.2) is 60.7 Å². The van der Waals surface area contributed by atoms with Crippen molar-refractivity contribution >= 4 is 0 Å². The van der Waals surface area contributed by atoms with Crippen molar-refractivity contribution in [2.75, 3.05) is 0 Å². The zero-order chi connectivity index (χ0) is 15.9. The second-order valence-corrected chi connectivity index (χ2v) is 6.35. The van der Waals surface area contributed by atoms with Gasteiger partial charge in [0.15, 0.2) is 0 Å². The van der Waals surface area contributed by atoms with Gasteiger partial charge in [0.05, 0.1) is 6.10 Å². The third-order valence-electron chi connectivity index (χ3n) is 4.06. The lowest BCUT2D eigenvalue weighted by molar-refractivity contribution is 0.0245. The van der Waals surface area contributed by atoms with E-state index in [2.05, 4.69) is 67.3 Å². The van der Waals surface area contributed by atoms with Crippen LogP contribution in [0.4, 0.5) is 0 Å². The maximum absolute atomic E-state index is 10.3. The molecule has 2 aromatic rings. The lowest BCUT2D eigenvalue weighted by Gasteiger charge is -2.36. The van der Waals surface area contributed by atoms with E-state index in [1.165, 1.54) is 11.1 Å². The molecule has 0 aromatic heterocycles. The van der Waals surface area contributed by atoms with Crippen molar-refractivity contribution in [3.05, 3.63) is 71.8 Å². The summed E-state index contributed by atoms with van der Waals surface area (Å²) >= 11 is 0. The summed E-state index contributed by atoms with van der Waals surface area (Å²) in [7, 11) is 0. The van der Waals surface area contributed by atoms with Gasteiger partial charge in [-0.3, -0.25) is 4.90 Å². The molecule has 1 N–H and O–H groups in total. The Balaban J connectivity index is 2.23. The summed E-state index contributed by atoms with van der Waals surface area (Å²) in [5.74, 6) is 0.396. The molecule has 22 heavy (non-hydrogen) atoms. The summed E-state index contributed by atoms with van der Waals surface area (Å²) in [5, 5.41) is 10.3. The molecule has 0 aliphatic rings. The fraction of sp³-hybridized carbons (Fsp3) is 0.400. The summed E-state index contributed by atoms with van der Waals surface area (Å²) in [4.78, 5) is 2.39. The van der Waals surface area contributed by atoms with Crippen LogP contribution in [0.2, 0.25) is 0 Å². The molecule has 0 fully saturated rings. The number of aliphatic hydroxyl groups is 1. The Labute approximate surface area is 134 Å². The van der Waals surface area contributed by atoms with Gasteiger partial charge >= 0.3 is 0 Å². The molecule has 2 atom stereocenters. The third-order valence-corrected chi connectivity index (χ3v) is 4.06. The maximum atomic E-state index is 10.3. The topological polar surface area (TPSA) is 23.5 Å². The number of aliphatic hydroxyl groups excluding tert-OH is 1. The van der Waals surface area contributed by atoms with Crippen molar-refractivity contribution in [3.63, 3.8) is 0 Å². The first-order chi connectivity index (χ1) is 10.6. The summed E-state index contributed by atoms with van der Waals surface area (Å²) in [5.41, 5.74) is 2.56. The Bertz CT molecular complexity index is 487. The highest BCUT2D eigenvalue weighted by Gasteiger charge is 2.26. The molecule has 2 aromatic carbocycles. The molecule has 2 nitrogen and oxygen atoms in total. The Kier molecular flexibility index (Phi) is 6.17. The van der Waals surface area contributed by atoms with Gasteiger partial charge in [-0.25, -0.2) is 0 Å². The maximum Gasteiger partial charge on any atom is 0.0670 e. The van der Waals surface area contributed by atoms with Crippen molar-refractivity contribution in [1.82, 2.24) is 4.90 Å². The van der Waals surface area contributed by atoms with Gasteiger partial charge in [0.25, 0.3) is 0 Å². The average Bonchev–Trinajstić information content (AvgIpc) is 2.48. The van der Waals surface area contributed by atoms with Gasteiger partial charge in [0.1, 0.15) is 0 Å². The van der Waals surface area contributed by atoms with Gasteiger partial charge in [0.2, 0.25) is 0 Å². The molecule has 0 saturated carbocycles. The zero-order valence-electron chi connectivity index (χ0n) is 13.8. The molecule has 0 saturated heterocycles. The van der Waals surface area contributed by atoms with E-state index >= 15 is 0 Å². The predicted octanol–water partition coefficient (Wildman–Crippen LogP) is 4.09. The van der Waals surface area contributed by atoms with Gasteiger partial charge in [-0.15, -0.1) is 0 Å². The third kappa shape index (κ3) is 4.69. The zero-order valence-corrected chi connectivity index (χ0v) is 13.8. The van der Waals surface area contributed by atoms with E-state index in [1.54, 1.807) is 0 Å². The first-order valence-corrected chi connectivity index (χ1v) is 8.08. The second kappa shape index (κ2) is 8.11. The second-order valence-electron chi connectivity index (χ2n) is 6.35. The number of rotatable bonds is 7.